The van der Waals surface area contributed by atoms with Crippen LogP contribution in [0.5, 0.6) is 0 Å². The van der Waals surface area contributed by atoms with E-state index in [2.05, 4.69) is 11.2 Å². The van der Waals surface area contributed by atoms with Crippen molar-refractivity contribution in [3.8, 4) is 11.2 Å². The van der Waals surface area contributed by atoms with Gasteiger partial charge in [0.15, 0.2) is 0 Å². The third kappa shape index (κ3) is 5.87. The first-order valence-electron chi connectivity index (χ1n) is 2.09. The summed E-state index contributed by atoms with van der Waals surface area (Å²) in [5, 5.41) is 2.52. The van der Waals surface area contributed by atoms with Crippen LogP contribution in [-0.2, 0) is 11.2 Å². The molecule has 0 saturated carbocycles. The predicted octanol–water partition coefficient (Wildman–Crippen LogP) is 0.736. The van der Waals surface area contributed by atoms with E-state index in [9.17, 15) is 4.55 Å². The van der Waals surface area contributed by atoms with Crippen molar-refractivity contribution in [2.45, 2.75) is 13.3 Å². The average molecular weight is 116 g/mol. The van der Waals surface area contributed by atoms with E-state index in [4.69, 9.17) is 0 Å². The van der Waals surface area contributed by atoms with Crippen molar-refractivity contribution in [2.24, 2.45) is 0 Å². The van der Waals surface area contributed by atoms with Crippen LogP contribution in [0.4, 0.5) is 0 Å². The molecule has 7 heavy (non-hydrogen) atoms. The Kier molecular flexibility index (Phi) is 3.97. The number of rotatable bonds is 0. The molecule has 0 aliphatic rings. The van der Waals surface area contributed by atoms with Gasteiger partial charge >= 0.3 is 0 Å². The van der Waals surface area contributed by atoms with Crippen LogP contribution < -0.4 is 0 Å². The Bertz CT molecular complexity index is 88.0. The lowest BCUT2D eigenvalue weighted by Gasteiger charge is -1.86. The van der Waals surface area contributed by atoms with Crippen molar-refractivity contribution >= 4 is 11.2 Å². The van der Waals surface area contributed by atoms with Gasteiger partial charge in [-0.2, -0.15) is 0 Å². The van der Waals surface area contributed by atoms with Gasteiger partial charge in [-0.1, -0.05) is 6.92 Å². The van der Waals surface area contributed by atoms with Crippen LogP contribution in [0.1, 0.15) is 13.3 Å². The molecule has 0 N–H and O–H groups in total. The lowest BCUT2D eigenvalue weighted by atomic mass is 10.5. The Labute approximate surface area is 47.3 Å². The van der Waals surface area contributed by atoms with Gasteiger partial charge in [0.05, 0.1) is 0 Å². The summed E-state index contributed by atoms with van der Waals surface area (Å²) in [5.74, 6) is 2.70. The number of hydrogen-bond acceptors (Lipinski definition) is 1. The van der Waals surface area contributed by atoms with Gasteiger partial charge in [0.2, 0.25) is 0 Å². The normalized spacial score (nSPS) is 11.9. The highest BCUT2D eigenvalue weighted by Gasteiger charge is 1.80. The highest BCUT2D eigenvalue weighted by molar-refractivity contribution is 7.95. The standard InChI is InChI=1S/C5H8OS/c1-3-4-5-7(2)6/h3H2,1-2H3. The fourth-order valence-corrected chi connectivity index (χ4v) is 0.521. The van der Waals surface area contributed by atoms with E-state index in [1.807, 2.05) is 6.92 Å². The van der Waals surface area contributed by atoms with Gasteiger partial charge in [-0.3, -0.25) is 0 Å². The lowest BCUT2D eigenvalue weighted by molar-refractivity contribution is 0.610. The van der Waals surface area contributed by atoms with Crippen LogP contribution in [0.2, 0.25) is 0 Å². The van der Waals surface area contributed by atoms with Gasteiger partial charge in [0, 0.05) is 17.6 Å². The summed E-state index contributed by atoms with van der Waals surface area (Å²) < 4.78 is 10.1. The Morgan fingerprint density at radius 2 is 2.29 bits per heavy atom. The van der Waals surface area contributed by atoms with Crippen molar-refractivity contribution in [2.75, 3.05) is 6.26 Å². The SMILES string of the molecule is CCC#C[S+](C)[O-]. The maximum absolute atomic E-state index is 10.1. The summed E-state index contributed by atoms with van der Waals surface area (Å²) in [4.78, 5) is 0. The topological polar surface area (TPSA) is 23.1 Å². The van der Waals surface area contributed by atoms with Crippen molar-refractivity contribution < 1.29 is 4.55 Å². The van der Waals surface area contributed by atoms with Crippen molar-refractivity contribution in [1.82, 2.24) is 0 Å². The molecule has 40 valence electrons. The average Bonchev–Trinajstić information content (AvgIpc) is 1.61. The van der Waals surface area contributed by atoms with E-state index >= 15 is 0 Å². The summed E-state index contributed by atoms with van der Waals surface area (Å²) in [6.45, 7) is 1.93. The Balaban J connectivity index is 3.24. The van der Waals surface area contributed by atoms with Gasteiger partial charge in [0.1, 0.15) is 11.5 Å². The van der Waals surface area contributed by atoms with E-state index < -0.39 is 11.2 Å². The van der Waals surface area contributed by atoms with Crippen LogP contribution in [0.3, 0.4) is 0 Å². The summed E-state index contributed by atoms with van der Waals surface area (Å²) in [6.07, 6.45) is 2.36. The summed E-state index contributed by atoms with van der Waals surface area (Å²) in [7, 11) is 0. The van der Waals surface area contributed by atoms with Crippen LogP contribution in [0.15, 0.2) is 0 Å². The van der Waals surface area contributed by atoms with Crippen LogP contribution in [0.25, 0.3) is 0 Å². The molecule has 2 heteroatoms. The molecule has 0 aromatic carbocycles. The third-order valence-corrected chi connectivity index (χ3v) is 0.824. The lowest BCUT2D eigenvalue weighted by Crippen LogP contribution is -1.87. The molecule has 1 unspecified atom stereocenters. The van der Waals surface area contributed by atoms with Gasteiger partial charge in [-0.05, 0) is 5.92 Å². The van der Waals surface area contributed by atoms with Gasteiger partial charge < -0.3 is 4.55 Å². The van der Waals surface area contributed by atoms with E-state index in [0.717, 1.165) is 6.42 Å². The molecule has 1 atom stereocenters. The molecule has 0 aliphatic heterocycles. The Morgan fingerprint density at radius 3 is 2.43 bits per heavy atom. The second kappa shape index (κ2) is 4.04. The molecular formula is C5H8OS. The minimum absolute atomic E-state index is 0.791. The van der Waals surface area contributed by atoms with E-state index in [1.54, 1.807) is 6.26 Å². The molecule has 0 bridgehead atoms. The van der Waals surface area contributed by atoms with Crippen molar-refractivity contribution in [3.05, 3.63) is 0 Å². The molecule has 1 nitrogen and oxygen atoms in total. The Morgan fingerprint density at radius 1 is 1.71 bits per heavy atom. The highest BCUT2D eigenvalue weighted by atomic mass is 32.2. The molecule has 0 spiro atoms. The first-order chi connectivity index (χ1) is 3.27. The smallest absolute Gasteiger partial charge is 0.149 e. The molecule has 0 radical (unpaired) electrons. The molecule has 0 aliphatic carbocycles. The summed E-state index contributed by atoms with van der Waals surface area (Å²) in [6, 6.07) is 0. The second-order valence-electron chi connectivity index (χ2n) is 1.09. The molecule has 0 heterocycles. The first kappa shape index (κ1) is 6.87. The predicted molar refractivity (Wildman–Crippen MR) is 32.1 cm³/mol. The first-order valence-corrected chi connectivity index (χ1v) is 3.65. The highest BCUT2D eigenvalue weighted by Crippen LogP contribution is 1.76. The zero-order valence-corrected chi connectivity index (χ0v) is 5.34. The van der Waals surface area contributed by atoms with Crippen molar-refractivity contribution in [1.29, 1.82) is 0 Å². The third-order valence-electron chi connectivity index (χ3n) is 0.393. The maximum atomic E-state index is 10.1. The van der Waals surface area contributed by atoms with Crippen LogP contribution >= 0.6 is 0 Å². The monoisotopic (exact) mass is 116 g/mol. The maximum Gasteiger partial charge on any atom is 0.149 e. The van der Waals surface area contributed by atoms with Crippen LogP contribution in [0, 0.1) is 11.2 Å². The van der Waals surface area contributed by atoms with E-state index in [-0.39, 0.29) is 0 Å². The molecule has 0 fully saturated rings. The van der Waals surface area contributed by atoms with E-state index in [0.29, 0.717) is 0 Å². The minimum Gasteiger partial charge on any atom is -0.604 e. The van der Waals surface area contributed by atoms with Crippen molar-refractivity contribution in [3.63, 3.8) is 0 Å². The molecule has 0 aromatic heterocycles. The molecule has 0 rings (SSSR count). The fraction of sp³-hybridized carbons (Fsp3) is 0.600. The largest absolute Gasteiger partial charge is 0.604 e. The zero-order chi connectivity index (χ0) is 5.70. The van der Waals surface area contributed by atoms with Gasteiger partial charge in [-0.25, -0.2) is 0 Å². The van der Waals surface area contributed by atoms with E-state index in [1.165, 1.54) is 0 Å². The van der Waals surface area contributed by atoms with Gasteiger partial charge in [0.25, 0.3) is 0 Å². The molecule has 0 aromatic rings. The minimum atomic E-state index is -0.927. The molecular weight excluding hydrogens is 108 g/mol. The number of hydrogen-bond donors (Lipinski definition) is 0. The Hall–Kier alpha value is -0.130. The quantitative estimate of drug-likeness (QED) is 0.338. The second-order valence-corrected chi connectivity index (χ2v) is 2.20. The molecule has 0 amide bonds. The van der Waals surface area contributed by atoms with Gasteiger partial charge in [-0.15, -0.1) is 0 Å². The summed E-state index contributed by atoms with van der Waals surface area (Å²) in [5.41, 5.74) is 0. The van der Waals surface area contributed by atoms with Crippen LogP contribution in [-0.4, -0.2) is 10.8 Å². The zero-order valence-electron chi connectivity index (χ0n) is 4.52. The molecule has 0 saturated heterocycles. The fourth-order valence-electron chi connectivity index (χ4n) is 0.174. The summed E-state index contributed by atoms with van der Waals surface area (Å²) >= 11 is -0.927.